The van der Waals surface area contributed by atoms with Crippen molar-refractivity contribution in [3.8, 4) is 0 Å². The standard InChI is InChI=1S/C31H52Si2/c1-13-31(5,6)27-21-19-25(23-29(27)33(10,11)12)17-15-14-16-24-18-20-26(30(2,3)4)28(22-24)32(7,8)9/h18-23H,13-17H2,1-12H3. The second-order valence-electron chi connectivity index (χ2n) is 14.0. The molecule has 0 aliphatic carbocycles. The summed E-state index contributed by atoms with van der Waals surface area (Å²) >= 11 is 0. The fourth-order valence-electron chi connectivity index (χ4n) is 4.83. The molecule has 0 unspecified atom stereocenters. The van der Waals surface area contributed by atoms with E-state index in [-0.39, 0.29) is 10.8 Å². The molecule has 33 heavy (non-hydrogen) atoms. The van der Waals surface area contributed by atoms with Gasteiger partial charge in [-0.05, 0) is 65.2 Å². The molecule has 2 heteroatoms. The molecule has 0 bridgehead atoms. The summed E-state index contributed by atoms with van der Waals surface area (Å²) in [6.07, 6.45) is 6.13. The van der Waals surface area contributed by atoms with Gasteiger partial charge in [-0.25, -0.2) is 0 Å². The van der Waals surface area contributed by atoms with Crippen LogP contribution in [0.1, 0.15) is 83.1 Å². The van der Waals surface area contributed by atoms with Crippen molar-refractivity contribution in [2.24, 2.45) is 0 Å². The number of benzene rings is 2. The first-order chi connectivity index (χ1) is 15.0. The van der Waals surface area contributed by atoms with Gasteiger partial charge in [0.2, 0.25) is 0 Å². The van der Waals surface area contributed by atoms with E-state index in [1.807, 2.05) is 0 Å². The molecule has 0 saturated carbocycles. The Morgan fingerprint density at radius 1 is 0.606 bits per heavy atom. The van der Waals surface area contributed by atoms with Gasteiger partial charge < -0.3 is 0 Å². The van der Waals surface area contributed by atoms with Gasteiger partial charge in [0.15, 0.2) is 0 Å². The zero-order valence-electron chi connectivity index (χ0n) is 24.0. The number of aryl methyl sites for hydroxylation is 2. The highest BCUT2D eigenvalue weighted by atomic mass is 28.3. The van der Waals surface area contributed by atoms with Crippen molar-refractivity contribution in [1.82, 2.24) is 0 Å². The molecule has 0 heterocycles. The fraction of sp³-hybridized carbons (Fsp3) is 0.613. The van der Waals surface area contributed by atoms with E-state index >= 15 is 0 Å². The predicted molar refractivity (Wildman–Crippen MR) is 158 cm³/mol. The monoisotopic (exact) mass is 480 g/mol. The van der Waals surface area contributed by atoms with Gasteiger partial charge in [0, 0.05) is 0 Å². The van der Waals surface area contributed by atoms with Crippen molar-refractivity contribution >= 4 is 26.5 Å². The lowest BCUT2D eigenvalue weighted by Crippen LogP contribution is -2.43. The topological polar surface area (TPSA) is 0 Å². The highest BCUT2D eigenvalue weighted by Crippen LogP contribution is 2.28. The Kier molecular flexibility index (Phi) is 8.72. The van der Waals surface area contributed by atoms with Crippen molar-refractivity contribution < 1.29 is 0 Å². The van der Waals surface area contributed by atoms with Crippen molar-refractivity contribution in [3.63, 3.8) is 0 Å². The largest absolute Gasteiger partial charge is 0.0779 e. The Bertz CT molecular complexity index is 931. The van der Waals surface area contributed by atoms with E-state index in [1.165, 1.54) is 43.2 Å². The lowest BCUT2D eigenvalue weighted by molar-refractivity contribution is 0.509. The first-order valence-corrected chi connectivity index (χ1v) is 20.2. The summed E-state index contributed by atoms with van der Waals surface area (Å²) in [6, 6.07) is 14.8. The van der Waals surface area contributed by atoms with Crippen LogP contribution in [0, 0.1) is 0 Å². The second-order valence-corrected chi connectivity index (χ2v) is 24.0. The number of hydrogen-bond acceptors (Lipinski definition) is 0. The van der Waals surface area contributed by atoms with Crippen LogP contribution in [0.25, 0.3) is 0 Å². The molecule has 0 aliphatic rings. The number of hydrogen-bond donors (Lipinski definition) is 0. The molecule has 0 atom stereocenters. The zero-order valence-corrected chi connectivity index (χ0v) is 26.0. The average Bonchev–Trinajstić information content (AvgIpc) is 2.69. The van der Waals surface area contributed by atoms with Crippen LogP contribution in [0.2, 0.25) is 39.3 Å². The Morgan fingerprint density at radius 2 is 1.00 bits per heavy atom. The summed E-state index contributed by atoms with van der Waals surface area (Å²) in [6.45, 7) is 29.2. The van der Waals surface area contributed by atoms with Gasteiger partial charge >= 0.3 is 0 Å². The van der Waals surface area contributed by atoms with Crippen LogP contribution in [0.15, 0.2) is 36.4 Å². The Labute approximate surface area is 208 Å². The molecule has 0 N–H and O–H groups in total. The van der Waals surface area contributed by atoms with E-state index in [2.05, 4.69) is 117 Å². The van der Waals surface area contributed by atoms with Gasteiger partial charge in [-0.15, -0.1) is 0 Å². The molecule has 0 amide bonds. The smallest absolute Gasteiger partial charge is 0.0656 e. The molecule has 184 valence electrons. The molecule has 0 saturated heterocycles. The van der Waals surface area contributed by atoms with Crippen LogP contribution in [-0.2, 0) is 23.7 Å². The first-order valence-electron chi connectivity index (χ1n) is 13.2. The highest BCUT2D eigenvalue weighted by molar-refractivity contribution is 6.89. The maximum atomic E-state index is 2.57. The van der Waals surface area contributed by atoms with Gasteiger partial charge in [-0.2, -0.15) is 0 Å². The fourth-order valence-corrected chi connectivity index (χ4v) is 8.56. The van der Waals surface area contributed by atoms with Crippen LogP contribution in [-0.4, -0.2) is 16.1 Å². The number of rotatable bonds is 9. The van der Waals surface area contributed by atoms with E-state index in [0.29, 0.717) is 0 Å². The van der Waals surface area contributed by atoms with Crippen molar-refractivity contribution in [3.05, 3.63) is 58.7 Å². The summed E-state index contributed by atoms with van der Waals surface area (Å²) < 4.78 is 0. The minimum atomic E-state index is -1.38. The van der Waals surface area contributed by atoms with E-state index < -0.39 is 16.1 Å². The molecule has 0 aromatic heterocycles. The van der Waals surface area contributed by atoms with E-state index in [9.17, 15) is 0 Å². The Balaban J connectivity index is 2.13. The minimum absolute atomic E-state index is 0.223. The van der Waals surface area contributed by atoms with E-state index in [0.717, 1.165) is 0 Å². The molecule has 0 fully saturated rings. The molecule has 2 rings (SSSR count). The van der Waals surface area contributed by atoms with Gasteiger partial charge in [0.25, 0.3) is 0 Å². The van der Waals surface area contributed by atoms with Crippen LogP contribution >= 0.6 is 0 Å². The predicted octanol–water partition coefficient (Wildman–Crippen LogP) is 8.33. The normalized spacial score (nSPS) is 13.5. The van der Waals surface area contributed by atoms with E-state index in [4.69, 9.17) is 0 Å². The third kappa shape index (κ3) is 7.43. The second kappa shape index (κ2) is 10.2. The Morgan fingerprint density at radius 3 is 1.36 bits per heavy atom. The molecule has 0 nitrogen and oxygen atoms in total. The van der Waals surface area contributed by atoms with Gasteiger partial charge in [0.05, 0.1) is 16.1 Å². The third-order valence-electron chi connectivity index (χ3n) is 7.39. The maximum Gasteiger partial charge on any atom is 0.0779 e. The molecule has 0 aliphatic heterocycles. The maximum absolute atomic E-state index is 2.57. The lowest BCUT2D eigenvalue weighted by Gasteiger charge is -2.31. The van der Waals surface area contributed by atoms with Crippen molar-refractivity contribution in [2.45, 2.75) is 124 Å². The summed E-state index contributed by atoms with van der Waals surface area (Å²) in [5.74, 6) is 0. The van der Waals surface area contributed by atoms with Crippen LogP contribution in [0.4, 0.5) is 0 Å². The summed E-state index contributed by atoms with van der Waals surface area (Å²) in [4.78, 5) is 0. The zero-order chi connectivity index (χ0) is 25.2. The summed E-state index contributed by atoms with van der Waals surface area (Å²) in [7, 11) is -2.74. The first kappa shape index (κ1) is 28.1. The van der Waals surface area contributed by atoms with Crippen LogP contribution in [0.3, 0.4) is 0 Å². The molecular formula is C31H52Si2. The molecule has 2 aromatic carbocycles. The van der Waals surface area contributed by atoms with Gasteiger partial charge in [-0.3, -0.25) is 0 Å². The SMILES string of the molecule is CCC(C)(C)c1ccc(CCCCc2ccc(C(C)(C)C)c([Si](C)(C)C)c2)cc1[Si](C)(C)C. The quantitative estimate of drug-likeness (QED) is 0.250. The Hall–Kier alpha value is -1.13. The molecular weight excluding hydrogens is 429 g/mol. The van der Waals surface area contributed by atoms with Crippen molar-refractivity contribution in [1.29, 1.82) is 0 Å². The van der Waals surface area contributed by atoms with Crippen LogP contribution < -0.4 is 10.4 Å². The summed E-state index contributed by atoms with van der Waals surface area (Å²) in [5, 5.41) is 3.32. The molecule has 2 aromatic rings. The third-order valence-corrected chi connectivity index (χ3v) is 11.4. The van der Waals surface area contributed by atoms with Crippen LogP contribution in [0.5, 0.6) is 0 Å². The highest BCUT2D eigenvalue weighted by Gasteiger charge is 2.28. The van der Waals surface area contributed by atoms with Crippen molar-refractivity contribution in [2.75, 3.05) is 0 Å². The molecule has 0 radical (unpaired) electrons. The lowest BCUT2D eigenvalue weighted by atomic mass is 9.81. The van der Waals surface area contributed by atoms with E-state index in [1.54, 1.807) is 21.5 Å². The number of unbranched alkanes of at least 4 members (excludes halogenated alkanes) is 1. The summed E-state index contributed by atoms with van der Waals surface area (Å²) in [5.41, 5.74) is 6.70. The molecule has 0 spiro atoms. The minimum Gasteiger partial charge on any atom is -0.0656 e. The average molecular weight is 481 g/mol. The van der Waals surface area contributed by atoms with Gasteiger partial charge in [-0.1, -0.05) is 128 Å². The van der Waals surface area contributed by atoms with Gasteiger partial charge in [0.1, 0.15) is 0 Å².